The van der Waals surface area contributed by atoms with Crippen LogP contribution in [0.2, 0.25) is 0 Å². The Balaban J connectivity index is 0.000000252. The monoisotopic (exact) mass is 198 g/mol. The minimum atomic E-state index is -6.00. The molecule has 0 amide bonds. The van der Waals surface area contributed by atoms with Crippen molar-refractivity contribution in [1.82, 2.24) is 4.98 Å². The number of imidazole rings is 1. The van der Waals surface area contributed by atoms with E-state index in [0.29, 0.717) is 6.04 Å². The fraction of sp³-hybridized carbons (Fsp3) is 0.500. The lowest BCUT2D eigenvalue weighted by atomic mass is 10.3. The molecule has 1 aromatic rings. The van der Waals surface area contributed by atoms with Crippen LogP contribution in [-0.4, -0.2) is 12.2 Å². The summed E-state index contributed by atoms with van der Waals surface area (Å²) in [5.74, 6) is 0. The van der Waals surface area contributed by atoms with Gasteiger partial charge in [0.2, 0.25) is 6.33 Å². The number of aromatic nitrogens is 2. The molecular formula is C6H11BF4N2. The van der Waals surface area contributed by atoms with Crippen molar-refractivity contribution < 1.29 is 21.8 Å². The summed E-state index contributed by atoms with van der Waals surface area (Å²) in [4.78, 5) is 2.97. The predicted molar refractivity (Wildman–Crippen MR) is 41.6 cm³/mol. The Bertz CT molecular complexity index is 213. The molecule has 0 radical (unpaired) electrons. The highest BCUT2D eigenvalue weighted by Gasteiger charge is 2.20. The van der Waals surface area contributed by atoms with Crippen LogP contribution in [0, 0.1) is 0 Å². The minimum Gasteiger partial charge on any atom is -0.418 e. The Morgan fingerprint density at radius 1 is 1.23 bits per heavy atom. The number of H-pyrrole nitrogens is 1. The second-order valence-corrected chi connectivity index (χ2v) is 2.65. The lowest BCUT2D eigenvalue weighted by Gasteiger charge is -1.94. The van der Waals surface area contributed by atoms with Crippen molar-refractivity contribution in [3.05, 3.63) is 18.7 Å². The molecule has 0 aliphatic rings. The van der Waals surface area contributed by atoms with E-state index >= 15 is 0 Å². The van der Waals surface area contributed by atoms with Gasteiger partial charge in [0, 0.05) is 0 Å². The van der Waals surface area contributed by atoms with Crippen LogP contribution >= 0.6 is 0 Å². The van der Waals surface area contributed by atoms with Gasteiger partial charge < -0.3 is 17.3 Å². The molecule has 0 aliphatic carbocycles. The van der Waals surface area contributed by atoms with Gasteiger partial charge in [-0.3, -0.25) is 4.98 Å². The predicted octanol–water partition coefficient (Wildman–Crippen LogP) is 2.18. The summed E-state index contributed by atoms with van der Waals surface area (Å²) in [5, 5.41) is 0. The fourth-order valence-corrected chi connectivity index (χ4v) is 0.622. The second kappa shape index (κ2) is 4.88. The van der Waals surface area contributed by atoms with Gasteiger partial charge in [0.15, 0.2) is 0 Å². The first kappa shape index (κ1) is 12.0. The van der Waals surface area contributed by atoms with E-state index in [1.165, 1.54) is 0 Å². The van der Waals surface area contributed by atoms with Gasteiger partial charge in [0.25, 0.3) is 0 Å². The van der Waals surface area contributed by atoms with Crippen molar-refractivity contribution >= 4 is 7.25 Å². The summed E-state index contributed by atoms with van der Waals surface area (Å²) >= 11 is 0. The fourth-order valence-electron chi connectivity index (χ4n) is 0.622. The van der Waals surface area contributed by atoms with Gasteiger partial charge in [-0.15, -0.1) is 0 Å². The molecule has 0 aromatic carbocycles. The van der Waals surface area contributed by atoms with Gasteiger partial charge in [-0.1, -0.05) is 0 Å². The van der Waals surface area contributed by atoms with E-state index < -0.39 is 7.25 Å². The van der Waals surface area contributed by atoms with Crippen LogP contribution in [0.3, 0.4) is 0 Å². The molecule has 76 valence electrons. The van der Waals surface area contributed by atoms with Gasteiger partial charge in [0.1, 0.15) is 12.4 Å². The average Bonchev–Trinajstić information content (AvgIpc) is 2.31. The molecule has 2 nitrogen and oxygen atoms in total. The standard InChI is InChI=1S/C6H10N2.BF4/c1-6(2)8-4-3-7-5-8;2-1(3,4)5/h3-6H,1-2H3;/q;-1/p+1. The third kappa shape index (κ3) is 8.90. The molecule has 0 saturated carbocycles. The van der Waals surface area contributed by atoms with Crippen LogP contribution < -0.4 is 4.57 Å². The summed E-state index contributed by atoms with van der Waals surface area (Å²) in [6.07, 6.45) is 5.88. The molecule has 1 aromatic heterocycles. The normalized spacial score (nSPS) is 11.0. The molecule has 1 rings (SSSR count). The Morgan fingerprint density at radius 3 is 1.85 bits per heavy atom. The number of halogens is 4. The summed E-state index contributed by atoms with van der Waals surface area (Å²) in [7, 11) is -6.00. The molecule has 0 atom stereocenters. The zero-order chi connectivity index (χ0) is 10.5. The van der Waals surface area contributed by atoms with E-state index in [9.17, 15) is 17.3 Å². The maximum absolute atomic E-state index is 9.75. The maximum Gasteiger partial charge on any atom is 0.673 e. The van der Waals surface area contributed by atoms with Gasteiger partial charge in [-0.25, -0.2) is 4.57 Å². The molecule has 1 heterocycles. The van der Waals surface area contributed by atoms with E-state index in [2.05, 4.69) is 23.4 Å². The first-order valence-electron chi connectivity index (χ1n) is 3.71. The Kier molecular flexibility index (Phi) is 4.51. The van der Waals surface area contributed by atoms with E-state index in [-0.39, 0.29) is 0 Å². The topological polar surface area (TPSA) is 19.7 Å². The number of aromatic amines is 1. The minimum absolute atomic E-state index is 0.571. The summed E-state index contributed by atoms with van der Waals surface area (Å²) in [5.41, 5.74) is 0. The summed E-state index contributed by atoms with van der Waals surface area (Å²) < 4.78 is 41.1. The van der Waals surface area contributed by atoms with Crippen molar-refractivity contribution in [1.29, 1.82) is 0 Å². The van der Waals surface area contributed by atoms with Crippen LogP contribution in [0.4, 0.5) is 17.3 Å². The van der Waals surface area contributed by atoms with E-state index in [1.807, 2.05) is 18.7 Å². The number of nitrogens with zero attached hydrogens (tertiary/aromatic N) is 1. The van der Waals surface area contributed by atoms with Crippen molar-refractivity contribution in [3.63, 3.8) is 0 Å². The Labute approximate surface area is 73.7 Å². The zero-order valence-corrected chi connectivity index (χ0v) is 7.35. The lowest BCUT2D eigenvalue weighted by molar-refractivity contribution is -0.714. The Morgan fingerprint density at radius 2 is 1.69 bits per heavy atom. The Hall–Kier alpha value is -1.01. The number of nitrogens with one attached hydrogen (secondary N) is 1. The van der Waals surface area contributed by atoms with Crippen LogP contribution in [0.5, 0.6) is 0 Å². The molecule has 0 unspecified atom stereocenters. The largest absolute Gasteiger partial charge is 0.673 e. The van der Waals surface area contributed by atoms with Gasteiger partial charge in [-0.05, 0) is 13.8 Å². The summed E-state index contributed by atoms with van der Waals surface area (Å²) in [6.45, 7) is 4.29. The van der Waals surface area contributed by atoms with Crippen LogP contribution in [0.25, 0.3) is 0 Å². The van der Waals surface area contributed by atoms with Crippen molar-refractivity contribution in [2.24, 2.45) is 0 Å². The quantitative estimate of drug-likeness (QED) is 0.405. The highest BCUT2D eigenvalue weighted by Crippen LogP contribution is 2.06. The van der Waals surface area contributed by atoms with E-state index in [1.54, 1.807) is 0 Å². The molecule has 0 bridgehead atoms. The van der Waals surface area contributed by atoms with E-state index in [0.717, 1.165) is 0 Å². The molecule has 0 aliphatic heterocycles. The molecular weight excluding hydrogens is 187 g/mol. The maximum atomic E-state index is 9.75. The van der Waals surface area contributed by atoms with Crippen molar-refractivity contribution in [3.8, 4) is 0 Å². The highest BCUT2D eigenvalue weighted by molar-refractivity contribution is 6.50. The lowest BCUT2D eigenvalue weighted by Crippen LogP contribution is -2.32. The molecule has 13 heavy (non-hydrogen) atoms. The van der Waals surface area contributed by atoms with Crippen molar-refractivity contribution in [2.45, 2.75) is 19.9 Å². The second-order valence-electron chi connectivity index (χ2n) is 2.65. The van der Waals surface area contributed by atoms with Gasteiger partial charge in [0.05, 0.1) is 6.04 Å². The first-order chi connectivity index (χ1) is 5.80. The van der Waals surface area contributed by atoms with Crippen LogP contribution in [-0.2, 0) is 0 Å². The zero-order valence-electron chi connectivity index (χ0n) is 7.35. The molecule has 7 heteroatoms. The van der Waals surface area contributed by atoms with Crippen LogP contribution in [0.15, 0.2) is 18.7 Å². The molecule has 0 spiro atoms. The first-order valence-corrected chi connectivity index (χ1v) is 3.71. The average molecular weight is 198 g/mol. The van der Waals surface area contributed by atoms with E-state index in [4.69, 9.17) is 0 Å². The summed E-state index contributed by atoms with van der Waals surface area (Å²) in [6, 6.07) is 0.571. The van der Waals surface area contributed by atoms with Crippen molar-refractivity contribution in [2.75, 3.05) is 0 Å². The molecule has 1 N–H and O–H groups in total. The molecule has 0 saturated heterocycles. The number of hydrogen-bond donors (Lipinski definition) is 1. The van der Waals surface area contributed by atoms with Gasteiger partial charge >= 0.3 is 7.25 Å². The third-order valence-electron chi connectivity index (χ3n) is 1.16. The molecule has 0 fully saturated rings. The number of hydrogen-bond acceptors (Lipinski definition) is 0. The SMILES string of the molecule is CC(C)[n+]1cc[nH]c1.F[B-](F)(F)F. The number of rotatable bonds is 1. The smallest absolute Gasteiger partial charge is 0.418 e. The third-order valence-corrected chi connectivity index (χ3v) is 1.16. The van der Waals surface area contributed by atoms with Crippen LogP contribution in [0.1, 0.15) is 19.9 Å². The highest BCUT2D eigenvalue weighted by atomic mass is 19.5. The van der Waals surface area contributed by atoms with Gasteiger partial charge in [-0.2, -0.15) is 0 Å².